The standard InChI is InChI=1S/C28H27NO3/c1-3-29(4-2)23-14-12-22(13-15-23)19-27-28(30)25-17-16-24(20-26(25)32-27)31-18-8-11-21-9-6-5-7-10-21/h5-17,19-20H,3-4,18H2,1-2H3/b11-8+,27-19-. The van der Waals surface area contributed by atoms with Crippen LogP contribution in [-0.2, 0) is 0 Å². The summed E-state index contributed by atoms with van der Waals surface area (Å²) in [6, 6.07) is 23.6. The van der Waals surface area contributed by atoms with Crippen LogP contribution >= 0.6 is 0 Å². The van der Waals surface area contributed by atoms with Gasteiger partial charge in [-0.3, -0.25) is 4.79 Å². The second-order valence-corrected chi connectivity index (χ2v) is 7.49. The number of carbonyl (C=O) groups excluding carboxylic acids is 1. The summed E-state index contributed by atoms with van der Waals surface area (Å²) in [5, 5.41) is 0. The number of fused-ring (bicyclic) bond motifs is 1. The predicted octanol–water partition coefficient (Wildman–Crippen LogP) is 6.24. The highest BCUT2D eigenvalue weighted by atomic mass is 16.5. The fourth-order valence-corrected chi connectivity index (χ4v) is 3.67. The summed E-state index contributed by atoms with van der Waals surface area (Å²) in [4.78, 5) is 15.0. The maximum atomic E-state index is 12.7. The van der Waals surface area contributed by atoms with Crippen LogP contribution in [0.5, 0.6) is 11.5 Å². The Bertz CT molecular complexity index is 1130. The largest absolute Gasteiger partial charge is 0.489 e. The van der Waals surface area contributed by atoms with Crippen LogP contribution in [0, 0.1) is 0 Å². The molecule has 0 bridgehead atoms. The Labute approximate surface area is 189 Å². The monoisotopic (exact) mass is 425 g/mol. The molecule has 1 aliphatic rings. The molecule has 0 saturated heterocycles. The van der Waals surface area contributed by atoms with E-state index in [1.807, 2.05) is 54.6 Å². The van der Waals surface area contributed by atoms with E-state index in [9.17, 15) is 4.79 Å². The number of rotatable bonds is 8. The van der Waals surface area contributed by atoms with Crippen molar-refractivity contribution in [3.63, 3.8) is 0 Å². The lowest BCUT2D eigenvalue weighted by Gasteiger charge is -2.20. The number of allylic oxidation sites excluding steroid dienone is 1. The van der Waals surface area contributed by atoms with Crippen LogP contribution in [0.2, 0.25) is 0 Å². The third-order valence-electron chi connectivity index (χ3n) is 5.42. The molecule has 32 heavy (non-hydrogen) atoms. The first-order valence-corrected chi connectivity index (χ1v) is 11.0. The van der Waals surface area contributed by atoms with Gasteiger partial charge < -0.3 is 14.4 Å². The first-order chi connectivity index (χ1) is 15.7. The summed E-state index contributed by atoms with van der Waals surface area (Å²) in [5.41, 5.74) is 3.78. The Morgan fingerprint density at radius 3 is 2.38 bits per heavy atom. The van der Waals surface area contributed by atoms with E-state index in [1.54, 1.807) is 24.3 Å². The van der Waals surface area contributed by atoms with Crippen molar-refractivity contribution >= 4 is 23.6 Å². The summed E-state index contributed by atoms with van der Waals surface area (Å²) in [5.74, 6) is 1.42. The van der Waals surface area contributed by atoms with Gasteiger partial charge >= 0.3 is 0 Å². The molecule has 0 atom stereocenters. The third-order valence-corrected chi connectivity index (χ3v) is 5.42. The molecule has 0 spiro atoms. The predicted molar refractivity (Wildman–Crippen MR) is 130 cm³/mol. The second kappa shape index (κ2) is 10.0. The molecule has 0 amide bonds. The topological polar surface area (TPSA) is 38.8 Å². The van der Waals surface area contributed by atoms with Crippen LogP contribution in [0.4, 0.5) is 5.69 Å². The van der Waals surface area contributed by atoms with Crippen molar-refractivity contribution in [2.24, 2.45) is 0 Å². The van der Waals surface area contributed by atoms with Crippen LogP contribution in [0.25, 0.3) is 12.2 Å². The zero-order valence-electron chi connectivity index (χ0n) is 18.5. The molecule has 3 aromatic rings. The molecule has 0 aliphatic carbocycles. The summed E-state index contributed by atoms with van der Waals surface area (Å²) < 4.78 is 11.7. The van der Waals surface area contributed by atoms with Gasteiger partial charge in [0.2, 0.25) is 5.78 Å². The summed E-state index contributed by atoms with van der Waals surface area (Å²) in [6.07, 6.45) is 5.76. The number of hydrogen-bond donors (Lipinski definition) is 0. The van der Waals surface area contributed by atoms with E-state index in [1.165, 1.54) is 5.69 Å². The van der Waals surface area contributed by atoms with Crippen molar-refractivity contribution in [1.82, 2.24) is 0 Å². The third kappa shape index (κ3) is 4.92. The van der Waals surface area contributed by atoms with Gasteiger partial charge in [0.05, 0.1) is 5.56 Å². The van der Waals surface area contributed by atoms with Crippen LogP contribution < -0.4 is 14.4 Å². The minimum atomic E-state index is -0.108. The van der Waals surface area contributed by atoms with E-state index in [0.29, 0.717) is 29.4 Å². The van der Waals surface area contributed by atoms with Gasteiger partial charge in [0.1, 0.15) is 18.1 Å². The van der Waals surface area contributed by atoms with Gasteiger partial charge in [-0.25, -0.2) is 0 Å². The molecule has 162 valence electrons. The number of Topliss-reactive ketones (excluding diaryl/α,β-unsaturated/α-hetero) is 1. The first-order valence-electron chi connectivity index (χ1n) is 11.0. The molecular formula is C28H27NO3. The molecule has 4 rings (SSSR count). The molecule has 0 saturated carbocycles. The van der Waals surface area contributed by atoms with Gasteiger partial charge in [-0.05, 0) is 61.4 Å². The Balaban J connectivity index is 1.41. The van der Waals surface area contributed by atoms with Crippen LogP contribution in [0.1, 0.15) is 35.3 Å². The van der Waals surface area contributed by atoms with Crippen molar-refractivity contribution in [3.05, 3.63) is 101 Å². The van der Waals surface area contributed by atoms with Gasteiger partial charge in [0.25, 0.3) is 0 Å². The van der Waals surface area contributed by atoms with Crippen LogP contribution in [0.3, 0.4) is 0 Å². The highest BCUT2D eigenvalue weighted by Gasteiger charge is 2.27. The SMILES string of the molecule is CCN(CC)c1ccc(/C=C2\Oc3cc(OC/C=C/c4ccccc4)ccc3C2=O)cc1. The molecule has 3 aromatic carbocycles. The van der Waals surface area contributed by atoms with Crippen molar-refractivity contribution in [3.8, 4) is 11.5 Å². The van der Waals surface area contributed by atoms with E-state index >= 15 is 0 Å². The maximum Gasteiger partial charge on any atom is 0.231 e. The highest BCUT2D eigenvalue weighted by Crippen LogP contribution is 2.35. The molecule has 0 aromatic heterocycles. The molecular weight excluding hydrogens is 398 g/mol. The van der Waals surface area contributed by atoms with E-state index in [2.05, 4.69) is 30.9 Å². The lowest BCUT2D eigenvalue weighted by atomic mass is 10.1. The van der Waals surface area contributed by atoms with E-state index in [-0.39, 0.29) is 5.78 Å². The fourth-order valence-electron chi connectivity index (χ4n) is 3.67. The first kappa shape index (κ1) is 21.4. The van der Waals surface area contributed by atoms with Crippen molar-refractivity contribution in [2.45, 2.75) is 13.8 Å². The normalized spacial score (nSPS) is 13.9. The van der Waals surface area contributed by atoms with Crippen LogP contribution in [0.15, 0.2) is 84.6 Å². The molecule has 1 aliphatic heterocycles. The zero-order valence-corrected chi connectivity index (χ0v) is 18.5. The number of anilines is 1. The number of carbonyl (C=O) groups is 1. The average Bonchev–Trinajstić information content (AvgIpc) is 3.14. The molecule has 4 nitrogen and oxygen atoms in total. The molecule has 0 fully saturated rings. The minimum absolute atomic E-state index is 0.108. The lowest BCUT2D eigenvalue weighted by molar-refractivity contribution is 0.101. The van der Waals surface area contributed by atoms with E-state index < -0.39 is 0 Å². The van der Waals surface area contributed by atoms with Gasteiger partial charge in [-0.2, -0.15) is 0 Å². The van der Waals surface area contributed by atoms with E-state index in [4.69, 9.17) is 9.47 Å². The number of nitrogens with zero attached hydrogens (tertiary/aromatic N) is 1. The smallest absolute Gasteiger partial charge is 0.231 e. The zero-order chi connectivity index (χ0) is 22.3. The highest BCUT2D eigenvalue weighted by molar-refractivity contribution is 6.14. The van der Waals surface area contributed by atoms with Gasteiger partial charge in [0.15, 0.2) is 5.76 Å². The fraction of sp³-hybridized carbons (Fsp3) is 0.179. The summed E-state index contributed by atoms with van der Waals surface area (Å²) in [7, 11) is 0. The molecule has 4 heteroatoms. The Kier molecular flexibility index (Phi) is 6.71. The average molecular weight is 426 g/mol. The van der Waals surface area contributed by atoms with Crippen molar-refractivity contribution < 1.29 is 14.3 Å². The van der Waals surface area contributed by atoms with Gasteiger partial charge in [0, 0.05) is 24.8 Å². The minimum Gasteiger partial charge on any atom is -0.489 e. The van der Waals surface area contributed by atoms with Crippen molar-refractivity contribution in [1.29, 1.82) is 0 Å². The maximum absolute atomic E-state index is 12.7. The number of benzene rings is 3. The number of ketones is 1. The van der Waals surface area contributed by atoms with Crippen molar-refractivity contribution in [2.75, 3.05) is 24.6 Å². The molecule has 1 heterocycles. The Morgan fingerprint density at radius 1 is 0.906 bits per heavy atom. The number of ether oxygens (including phenoxy) is 2. The molecule has 0 unspecified atom stereocenters. The lowest BCUT2D eigenvalue weighted by Crippen LogP contribution is -2.21. The molecule has 0 N–H and O–H groups in total. The Morgan fingerprint density at radius 2 is 1.66 bits per heavy atom. The Hall–Kier alpha value is -3.79. The van der Waals surface area contributed by atoms with Gasteiger partial charge in [-0.15, -0.1) is 0 Å². The van der Waals surface area contributed by atoms with Crippen LogP contribution in [-0.4, -0.2) is 25.5 Å². The molecule has 0 radical (unpaired) electrons. The quantitative estimate of drug-likeness (QED) is 0.400. The summed E-state index contributed by atoms with van der Waals surface area (Å²) in [6.45, 7) is 6.63. The van der Waals surface area contributed by atoms with E-state index in [0.717, 1.165) is 24.2 Å². The van der Waals surface area contributed by atoms with Gasteiger partial charge in [-0.1, -0.05) is 48.5 Å². The second-order valence-electron chi connectivity index (χ2n) is 7.49. The summed E-state index contributed by atoms with van der Waals surface area (Å²) >= 11 is 0. The number of hydrogen-bond acceptors (Lipinski definition) is 4.